The number of carbonyl (C=O) groups is 1. The van der Waals surface area contributed by atoms with Crippen molar-refractivity contribution in [1.82, 2.24) is 10.1 Å². The molecule has 3 aromatic rings. The number of aromatic nitrogens is 1. The molecule has 0 atom stereocenters. The van der Waals surface area contributed by atoms with Crippen LogP contribution in [0.4, 0.5) is 5.69 Å². The van der Waals surface area contributed by atoms with Crippen molar-refractivity contribution in [3.63, 3.8) is 0 Å². The van der Waals surface area contributed by atoms with Crippen molar-refractivity contribution in [3.8, 4) is 11.3 Å². The van der Waals surface area contributed by atoms with Crippen molar-refractivity contribution in [2.24, 2.45) is 0 Å². The third kappa shape index (κ3) is 5.06. The van der Waals surface area contributed by atoms with E-state index in [-0.39, 0.29) is 0 Å². The summed E-state index contributed by atoms with van der Waals surface area (Å²) in [5.74, 6) is 0.647. The first-order valence-corrected chi connectivity index (χ1v) is 13.0. The number of piperazine rings is 1. The van der Waals surface area contributed by atoms with Crippen LogP contribution in [0.15, 0.2) is 53.1 Å². The molecule has 0 amide bonds. The van der Waals surface area contributed by atoms with Crippen molar-refractivity contribution < 1.29 is 14.4 Å². The lowest BCUT2D eigenvalue weighted by Crippen LogP contribution is -2.47. The van der Waals surface area contributed by atoms with E-state index in [1.54, 1.807) is 13.0 Å². The zero-order chi connectivity index (χ0) is 25.2. The number of hydrogen-bond acceptors (Lipinski definition) is 5. The molecule has 6 nitrogen and oxygen atoms in total. The van der Waals surface area contributed by atoms with Gasteiger partial charge in [-0.3, -0.25) is 4.90 Å². The van der Waals surface area contributed by atoms with Gasteiger partial charge in [0.2, 0.25) is 0 Å². The number of carboxylic acids is 1. The highest BCUT2D eigenvalue weighted by molar-refractivity contribution is 6.33. The molecular formula is C29H32ClN3O3. The van der Waals surface area contributed by atoms with E-state index in [4.69, 9.17) is 16.1 Å². The Balaban J connectivity index is 1.24. The Kier molecular flexibility index (Phi) is 7.17. The summed E-state index contributed by atoms with van der Waals surface area (Å²) in [6.07, 6.45) is 4.89. The van der Waals surface area contributed by atoms with Gasteiger partial charge >= 0.3 is 5.97 Å². The SMILES string of the molecule is C/C=C(/C(=O)O)c1ccc(N2CCN(CCc3c(-c4ccccc4Cl)noc3C3CC3)CC2)cc1C. The van der Waals surface area contributed by atoms with E-state index in [1.165, 1.54) is 18.4 Å². The van der Waals surface area contributed by atoms with Gasteiger partial charge in [-0.25, -0.2) is 4.79 Å². The minimum absolute atomic E-state index is 0.347. The number of aliphatic carboxylic acids is 1. The van der Waals surface area contributed by atoms with Crippen LogP contribution in [0.3, 0.4) is 0 Å². The summed E-state index contributed by atoms with van der Waals surface area (Å²) in [4.78, 5) is 16.4. The van der Waals surface area contributed by atoms with Gasteiger partial charge in [0, 0.05) is 55.5 Å². The Bertz CT molecular complexity index is 1290. The molecule has 188 valence electrons. The van der Waals surface area contributed by atoms with Crippen LogP contribution < -0.4 is 4.90 Å². The number of halogens is 1. The summed E-state index contributed by atoms with van der Waals surface area (Å²) in [6, 6.07) is 13.9. The van der Waals surface area contributed by atoms with Crippen LogP contribution >= 0.6 is 11.6 Å². The van der Waals surface area contributed by atoms with Crippen LogP contribution in [0, 0.1) is 6.92 Å². The summed E-state index contributed by atoms with van der Waals surface area (Å²) < 4.78 is 5.83. The smallest absolute Gasteiger partial charge is 0.335 e. The molecule has 7 heteroatoms. The molecular weight excluding hydrogens is 474 g/mol. The lowest BCUT2D eigenvalue weighted by Gasteiger charge is -2.36. The van der Waals surface area contributed by atoms with Crippen LogP contribution in [0.1, 0.15) is 48.1 Å². The van der Waals surface area contributed by atoms with Crippen molar-refractivity contribution in [3.05, 3.63) is 76.0 Å². The highest BCUT2D eigenvalue weighted by atomic mass is 35.5. The van der Waals surface area contributed by atoms with E-state index >= 15 is 0 Å². The van der Waals surface area contributed by atoms with Gasteiger partial charge in [-0.15, -0.1) is 0 Å². The Hall–Kier alpha value is -3.09. The molecule has 2 aliphatic rings. The zero-order valence-electron chi connectivity index (χ0n) is 20.8. The first-order chi connectivity index (χ1) is 17.5. The lowest BCUT2D eigenvalue weighted by molar-refractivity contribution is -0.130. The van der Waals surface area contributed by atoms with Crippen LogP contribution in [0.5, 0.6) is 0 Å². The average Bonchev–Trinajstić information content (AvgIpc) is 3.64. The Morgan fingerprint density at radius 3 is 2.56 bits per heavy atom. The van der Waals surface area contributed by atoms with E-state index in [1.807, 2.05) is 43.3 Å². The van der Waals surface area contributed by atoms with Crippen molar-refractivity contribution in [2.75, 3.05) is 37.6 Å². The summed E-state index contributed by atoms with van der Waals surface area (Å²) in [5.41, 5.74) is 6.29. The Labute approximate surface area is 217 Å². The highest BCUT2D eigenvalue weighted by Gasteiger charge is 2.33. The normalized spacial score (nSPS) is 17.0. The van der Waals surface area contributed by atoms with Crippen molar-refractivity contribution in [1.29, 1.82) is 0 Å². The number of benzene rings is 2. The molecule has 0 unspecified atom stereocenters. The van der Waals surface area contributed by atoms with E-state index in [9.17, 15) is 9.90 Å². The Morgan fingerprint density at radius 1 is 1.17 bits per heavy atom. The number of anilines is 1. The molecule has 1 saturated carbocycles. The number of hydrogen-bond donors (Lipinski definition) is 1. The first kappa shape index (κ1) is 24.6. The van der Waals surface area contributed by atoms with E-state index in [2.05, 4.69) is 21.0 Å². The van der Waals surface area contributed by atoms with E-state index in [0.29, 0.717) is 16.5 Å². The standard InChI is InChI=1S/C29H32ClN3O3/c1-3-22(29(34)35)23-11-10-21(18-19(23)2)33-16-14-32(15-17-33)13-12-25-27(24-6-4-5-7-26(24)30)31-36-28(25)20-8-9-20/h3-7,10-11,18,20H,8-9,12-17H2,1-2H3,(H,34,35)/b22-3+. The van der Waals surface area contributed by atoms with Gasteiger partial charge in [0.1, 0.15) is 11.5 Å². The minimum atomic E-state index is -0.891. The fourth-order valence-electron chi connectivity index (χ4n) is 5.14. The molecule has 36 heavy (non-hydrogen) atoms. The van der Waals surface area contributed by atoms with Crippen LogP contribution in [-0.4, -0.2) is 53.9 Å². The maximum Gasteiger partial charge on any atom is 0.335 e. The fraction of sp³-hybridized carbons (Fsp3) is 0.379. The van der Waals surface area contributed by atoms with Crippen LogP contribution in [0.25, 0.3) is 16.8 Å². The fourth-order valence-corrected chi connectivity index (χ4v) is 5.36. The molecule has 2 fully saturated rings. The number of carboxylic acid groups (broad SMARTS) is 1. The highest BCUT2D eigenvalue weighted by Crippen LogP contribution is 2.45. The van der Waals surface area contributed by atoms with Crippen molar-refractivity contribution in [2.45, 2.75) is 39.0 Å². The summed E-state index contributed by atoms with van der Waals surface area (Å²) in [5, 5.41) is 14.6. The largest absolute Gasteiger partial charge is 0.478 e. The third-order valence-corrected chi connectivity index (χ3v) is 7.66. The summed E-state index contributed by atoms with van der Waals surface area (Å²) >= 11 is 6.49. The maximum absolute atomic E-state index is 11.5. The monoisotopic (exact) mass is 505 g/mol. The predicted octanol–water partition coefficient (Wildman–Crippen LogP) is 6.03. The topological polar surface area (TPSA) is 69.8 Å². The molecule has 0 bridgehead atoms. The molecule has 1 aliphatic heterocycles. The van der Waals surface area contributed by atoms with Crippen molar-refractivity contribution >= 4 is 28.8 Å². The van der Waals surface area contributed by atoms with Crippen LogP contribution in [0.2, 0.25) is 5.02 Å². The van der Waals surface area contributed by atoms with Gasteiger partial charge in [0.15, 0.2) is 0 Å². The quantitative estimate of drug-likeness (QED) is 0.377. The molecule has 1 N–H and O–H groups in total. The number of allylic oxidation sites excluding steroid dienone is 1. The number of aryl methyl sites for hydroxylation is 1. The van der Waals surface area contributed by atoms with Gasteiger partial charge in [-0.05, 0) is 62.4 Å². The third-order valence-electron chi connectivity index (χ3n) is 7.33. The number of rotatable bonds is 8. The molecule has 2 heterocycles. The van der Waals surface area contributed by atoms with Gasteiger partial charge in [0.05, 0.1) is 10.6 Å². The molecule has 1 aromatic heterocycles. The second-order valence-corrected chi connectivity index (χ2v) is 10.1. The molecule has 1 saturated heterocycles. The molecule has 5 rings (SSSR count). The number of nitrogens with zero attached hydrogens (tertiary/aromatic N) is 3. The van der Waals surface area contributed by atoms with Gasteiger partial charge in [-0.2, -0.15) is 0 Å². The lowest BCUT2D eigenvalue weighted by atomic mass is 9.99. The predicted molar refractivity (Wildman–Crippen MR) is 144 cm³/mol. The molecule has 0 spiro atoms. The molecule has 2 aromatic carbocycles. The van der Waals surface area contributed by atoms with Crippen LogP contribution in [-0.2, 0) is 11.2 Å². The summed E-state index contributed by atoms with van der Waals surface area (Å²) in [6.45, 7) is 8.51. The average molecular weight is 506 g/mol. The van der Waals surface area contributed by atoms with Gasteiger partial charge in [0.25, 0.3) is 0 Å². The second-order valence-electron chi connectivity index (χ2n) is 9.71. The van der Waals surface area contributed by atoms with Gasteiger partial charge in [-0.1, -0.05) is 47.1 Å². The summed E-state index contributed by atoms with van der Waals surface area (Å²) in [7, 11) is 0. The zero-order valence-corrected chi connectivity index (χ0v) is 21.6. The maximum atomic E-state index is 11.5. The van der Waals surface area contributed by atoms with E-state index in [0.717, 1.165) is 73.0 Å². The van der Waals surface area contributed by atoms with Gasteiger partial charge < -0.3 is 14.5 Å². The van der Waals surface area contributed by atoms with E-state index < -0.39 is 5.97 Å². The molecule has 1 aliphatic carbocycles. The first-order valence-electron chi connectivity index (χ1n) is 12.7. The molecule has 0 radical (unpaired) electrons. The second kappa shape index (κ2) is 10.5. The minimum Gasteiger partial charge on any atom is -0.478 e. The Morgan fingerprint density at radius 2 is 1.92 bits per heavy atom.